The molecule has 184 valence electrons. The van der Waals surface area contributed by atoms with Crippen LogP contribution in [0.2, 0.25) is 0 Å². The fourth-order valence-electron chi connectivity index (χ4n) is 4.03. The lowest BCUT2D eigenvalue weighted by Gasteiger charge is -2.09. The number of nitrogens with one attached hydrogen (secondary N) is 3. The molecule has 0 saturated carbocycles. The largest absolute Gasteiger partial charge is 0.354 e. The van der Waals surface area contributed by atoms with E-state index in [4.69, 9.17) is 0 Å². The Morgan fingerprint density at radius 2 is 1.67 bits per heavy atom. The highest BCUT2D eigenvalue weighted by atomic mass is 16.2. The minimum absolute atomic E-state index is 0.104. The molecule has 4 aromatic rings. The lowest BCUT2D eigenvalue weighted by atomic mass is 10.0. The molecule has 0 radical (unpaired) electrons. The number of tetrazole rings is 1. The smallest absolute Gasteiger partial charge is 0.286 e. The van der Waals surface area contributed by atoms with Crippen LogP contribution in [0.25, 0.3) is 11.4 Å². The van der Waals surface area contributed by atoms with E-state index in [9.17, 15) is 14.4 Å². The summed E-state index contributed by atoms with van der Waals surface area (Å²) in [5.41, 5.74) is 9.11. The highest BCUT2D eigenvalue weighted by Crippen LogP contribution is 2.21. The van der Waals surface area contributed by atoms with Gasteiger partial charge in [0.05, 0.1) is 6.54 Å². The van der Waals surface area contributed by atoms with E-state index in [0.717, 1.165) is 17.5 Å². The third-order valence-electron chi connectivity index (χ3n) is 5.68. The van der Waals surface area contributed by atoms with Crippen molar-refractivity contribution in [1.82, 2.24) is 36.0 Å². The number of ketones is 1. The number of rotatable bonds is 8. The highest BCUT2D eigenvalue weighted by molar-refractivity contribution is 6.03. The van der Waals surface area contributed by atoms with Crippen molar-refractivity contribution in [1.29, 1.82) is 0 Å². The molecular weight excluding hydrogens is 458 g/mol. The Morgan fingerprint density at radius 3 is 2.33 bits per heavy atom. The van der Waals surface area contributed by atoms with Gasteiger partial charge in [-0.3, -0.25) is 25.2 Å². The monoisotopic (exact) mass is 485 g/mol. The Kier molecular flexibility index (Phi) is 7.33. The minimum atomic E-state index is -0.509. The number of hydrogen-bond donors (Lipinski definition) is 3. The Labute approximate surface area is 208 Å². The summed E-state index contributed by atoms with van der Waals surface area (Å²) in [7, 11) is 0. The summed E-state index contributed by atoms with van der Waals surface area (Å²) >= 11 is 0. The predicted molar refractivity (Wildman–Crippen MR) is 133 cm³/mol. The van der Waals surface area contributed by atoms with Gasteiger partial charge in [0.2, 0.25) is 5.82 Å². The average Bonchev–Trinajstić information content (AvgIpc) is 3.48. The van der Waals surface area contributed by atoms with Crippen LogP contribution < -0.4 is 10.9 Å². The summed E-state index contributed by atoms with van der Waals surface area (Å²) in [5, 5.41) is 12.6. The molecule has 0 fully saturated rings. The first-order valence-corrected chi connectivity index (χ1v) is 11.6. The number of hydrazine groups is 1. The van der Waals surface area contributed by atoms with Crippen LogP contribution in [-0.2, 0) is 13.0 Å². The molecule has 0 aliphatic rings. The third-order valence-corrected chi connectivity index (χ3v) is 5.68. The molecule has 0 spiro atoms. The third kappa shape index (κ3) is 5.38. The maximum atomic E-state index is 12.7. The van der Waals surface area contributed by atoms with Crippen LogP contribution in [0.3, 0.4) is 0 Å². The molecule has 0 aliphatic heterocycles. The van der Waals surface area contributed by atoms with Gasteiger partial charge in [0.15, 0.2) is 5.78 Å². The van der Waals surface area contributed by atoms with Gasteiger partial charge in [0.25, 0.3) is 11.8 Å². The SMILES string of the molecule is CCCc1c(C(=O)NNC(=O)c2ccc(Cn3nnc(-c4ccccc4)n3)cc2)[nH]c(C)c1C(C)=O. The second-order valence-corrected chi connectivity index (χ2v) is 8.40. The lowest BCUT2D eigenvalue weighted by Crippen LogP contribution is -2.42. The summed E-state index contributed by atoms with van der Waals surface area (Å²) in [6.45, 7) is 5.59. The van der Waals surface area contributed by atoms with Crippen molar-refractivity contribution in [2.24, 2.45) is 0 Å². The van der Waals surface area contributed by atoms with E-state index in [-0.39, 0.29) is 11.5 Å². The summed E-state index contributed by atoms with van der Waals surface area (Å²) in [5.74, 6) is -0.539. The number of nitrogens with zero attached hydrogens (tertiary/aromatic N) is 4. The van der Waals surface area contributed by atoms with Gasteiger partial charge < -0.3 is 4.98 Å². The fraction of sp³-hybridized carbons (Fsp3) is 0.231. The number of carbonyl (C=O) groups excluding carboxylic acids is 3. The fourth-order valence-corrected chi connectivity index (χ4v) is 4.03. The molecule has 3 N–H and O–H groups in total. The molecule has 4 rings (SSSR count). The molecule has 2 aromatic carbocycles. The zero-order valence-electron chi connectivity index (χ0n) is 20.3. The number of hydrogen-bond acceptors (Lipinski definition) is 6. The molecule has 10 heteroatoms. The van der Waals surface area contributed by atoms with E-state index in [1.54, 1.807) is 31.2 Å². The van der Waals surface area contributed by atoms with Crippen LogP contribution in [0, 0.1) is 6.92 Å². The van der Waals surface area contributed by atoms with Crippen LogP contribution in [0.5, 0.6) is 0 Å². The summed E-state index contributed by atoms with van der Waals surface area (Å²) in [6, 6.07) is 16.5. The molecule has 36 heavy (non-hydrogen) atoms. The maximum Gasteiger partial charge on any atom is 0.286 e. The molecule has 10 nitrogen and oxygen atoms in total. The first-order valence-electron chi connectivity index (χ1n) is 11.6. The molecule has 2 amide bonds. The van der Waals surface area contributed by atoms with Crippen molar-refractivity contribution in [2.45, 2.75) is 40.2 Å². The van der Waals surface area contributed by atoms with Gasteiger partial charge >= 0.3 is 0 Å². The number of aromatic amines is 1. The van der Waals surface area contributed by atoms with E-state index in [1.165, 1.54) is 11.7 Å². The van der Waals surface area contributed by atoms with Crippen LogP contribution in [-0.4, -0.2) is 42.8 Å². The van der Waals surface area contributed by atoms with Crippen LogP contribution in [0.4, 0.5) is 0 Å². The van der Waals surface area contributed by atoms with E-state index < -0.39 is 11.8 Å². The van der Waals surface area contributed by atoms with Crippen molar-refractivity contribution in [3.8, 4) is 11.4 Å². The van der Waals surface area contributed by atoms with E-state index in [2.05, 4.69) is 31.2 Å². The van der Waals surface area contributed by atoms with Gasteiger partial charge in [0.1, 0.15) is 5.69 Å². The van der Waals surface area contributed by atoms with Crippen molar-refractivity contribution in [2.75, 3.05) is 0 Å². The van der Waals surface area contributed by atoms with Gasteiger partial charge in [0, 0.05) is 22.4 Å². The Balaban J connectivity index is 1.37. The van der Waals surface area contributed by atoms with Crippen molar-refractivity contribution in [3.05, 3.63) is 88.2 Å². The van der Waals surface area contributed by atoms with Crippen LogP contribution in [0.15, 0.2) is 54.6 Å². The quantitative estimate of drug-likeness (QED) is 0.259. The summed E-state index contributed by atoms with van der Waals surface area (Å²) < 4.78 is 0. The standard InChI is InChI=1S/C26H27N7O3/c1-4-8-21-22(17(3)34)16(2)27-23(21)26(36)30-29-25(35)20-13-11-18(12-14-20)15-33-31-24(28-32-33)19-9-6-5-7-10-19/h5-7,9-14,27H,4,8,15H2,1-3H3,(H,29,35)(H,30,36). The van der Waals surface area contributed by atoms with Gasteiger partial charge in [-0.2, -0.15) is 4.80 Å². The maximum absolute atomic E-state index is 12.7. The highest BCUT2D eigenvalue weighted by Gasteiger charge is 2.22. The zero-order valence-corrected chi connectivity index (χ0v) is 20.3. The molecular formula is C26H27N7O3. The summed E-state index contributed by atoms with van der Waals surface area (Å²) in [4.78, 5) is 41.8. The van der Waals surface area contributed by atoms with Gasteiger partial charge in [-0.15, -0.1) is 10.2 Å². The molecule has 0 unspecified atom stereocenters. The van der Waals surface area contributed by atoms with Gasteiger partial charge in [-0.1, -0.05) is 55.8 Å². The number of carbonyl (C=O) groups is 3. The number of Topliss-reactive ketones (excluding diaryl/α,β-unsaturated/α-hetero) is 1. The lowest BCUT2D eigenvalue weighted by molar-refractivity contribution is 0.0843. The first kappa shape index (κ1) is 24.5. The topological polar surface area (TPSA) is 135 Å². The number of amides is 2. The second kappa shape index (κ2) is 10.8. The van der Waals surface area contributed by atoms with E-state index >= 15 is 0 Å². The molecule has 0 aliphatic carbocycles. The van der Waals surface area contributed by atoms with Crippen LogP contribution in [0.1, 0.15) is 68.3 Å². The first-order chi connectivity index (χ1) is 17.4. The Morgan fingerprint density at radius 1 is 0.972 bits per heavy atom. The average molecular weight is 486 g/mol. The molecule has 0 bridgehead atoms. The zero-order chi connectivity index (χ0) is 25.7. The number of aromatic nitrogens is 5. The summed E-state index contributed by atoms with van der Waals surface area (Å²) in [6.07, 6.45) is 1.35. The molecule has 0 atom stereocenters. The van der Waals surface area contributed by atoms with Crippen molar-refractivity contribution in [3.63, 3.8) is 0 Å². The Bertz CT molecular complexity index is 1390. The Hall–Kier alpha value is -4.60. The second-order valence-electron chi connectivity index (χ2n) is 8.40. The molecule has 2 aromatic heterocycles. The number of H-pyrrole nitrogens is 1. The minimum Gasteiger partial charge on any atom is -0.354 e. The predicted octanol–water partition coefficient (Wildman–Crippen LogP) is 3.25. The van der Waals surface area contributed by atoms with Crippen molar-refractivity contribution >= 4 is 17.6 Å². The molecule has 0 saturated heterocycles. The van der Waals surface area contributed by atoms with Crippen molar-refractivity contribution < 1.29 is 14.4 Å². The van der Waals surface area contributed by atoms with E-state index in [0.29, 0.717) is 41.2 Å². The molecule has 2 heterocycles. The number of aryl methyl sites for hydroxylation is 1. The van der Waals surface area contributed by atoms with Gasteiger partial charge in [-0.25, -0.2) is 0 Å². The van der Waals surface area contributed by atoms with E-state index in [1.807, 2.05) is 37.3 Å². The van der Waals surface area contributed by atoms with Crippen LogP contribution >= 0.6 is 0 Å². The van der Waals surface area contributed by atoms with Gasteiger partial charge in [-0.05, 0) is 48.7 Å². The normalized spacial score (nSPS) is 10.8. The number of benzene rings is 2.